The topological polar surface area (TPSA) is 144 Å². The lowest BCUT2D eigenvalue weighted by atomic mass is 10.0. The summed E-state index contributed by atoms with van der Waals surface area (Å²) in [7, 11) is 0. The maximum absolute atomic E-state index is 10.1. The number of carboxylic acids is 1. The zero-order valence-corrected chi connectivity index (χ0v) is 6.74. The highest BCUT2D eigenvalue weighted by Gasteiger charge is 2.33. The normalized spacial score (nSPS) is 20.4. The number of nitrogens with two attached hydrogens (primary N) is 1. The van der Waals surface area contributed by atoms with Crippen molar-refractivity contribution in [3.63, 3.8) is 0 Å². The van der Waals surface area contributed by atoms with Gasteiger partial charge in [-0.1, -0.05) is 0 Å². The van der Waals surface area contributed by atoms with Gasteiger partial charge < -0.3 is 31.3 Å². The maximum Gasteiger partial charge on any atom is 0.335 e. The van der Waals surface area contributed by atoms with E-state index in [0.29, 0.717) is 0 Å². The Morgan fingerprint density at radius 1 is 1.23 bits per heavy atom. The Morgan fingerprint density at radius 2 is 1.69 bits per heavy atom. The highest BCUT2D eigenvalue weighted by molar-refractivity contribution is 5.72. The Labute approximate surface area is 74.0 Å². The smallest absolute Gasteiger partial charge is 0.335 e. The second kappa shape index (κ2) is 5.10. The average Bonchev–Trinajstić information content (AvgIpc) is 2.12. The van der Waals surface area contributed by atoms with Crippen LogP contribution in [-0.2, 0) is 4.79 Å². The van der Waals surface area contributed by atoms with E-state index in [1.54, 1.807) is 0 Å². The molecule has 0 fully saturated rings. The van der Waals surface area contributed by atoms with Gasteiger partial charge in [-0.05, 0) is 0 Å². The first-order valence-corrected chi connectivity index (χ1v) is 3.55. The van der Waals surface area contributed by atoms with Crippen LogP contribution in [0.4, 0.5) is 0 Å². The second-order valence-electron chi connectivity index (χ2n) is 2.61. The highest BCUT2D eigenvalue weighted by Crippen LogP contribution is 2.03. The number of aliphatic hydroxyl groups excluding tert-OH is 4. The minimum atomic E-state index is -2.12. The van der Waals surface area contributed by atoms with Gasteiger partial charge in [0.1, 0.15) is 12.2 Å². The molecule has 0 aromatic heterocycles. The van der Waals surface area contributed by atoms with E-state index in [1.165, 1.54) is 0 Å². The molecule has 4 atom stereocenters. The van der Waals surface area contributed by atoms with Gasteiger partial charge in [-0.3, -0.25) is 0 Å². The first-order valence-electron chi connectivity index (χ1n) is 3.55. The molecule has 7 N–H and O–H groups in total. The van der Waals surface area contributed by atoms with Crippen LogP contribution in [0.2, 0.25) is 0 Å². The van der Waals surface area contributed by atoms with E-state index in [9.17, 15) is 4.79 Å². The summed E-state index contributed by atoms with van der Waals surface area (Å²) < 4.78 is 0. The summed E-state index contributed by atoms with van der Waals surface area (Å²) in [6.45, 7) is -0.620. The lowest BCUT2D eigenvalue weighted by molar-refractivity contribution is -0.159. The molecule has 0 aliphatic rings. The molecule has 7 heteroatoms. The van der Waals surface area contributed by atoms with Crippen molar-refractivity contribution in [2.75, 3.05) is 6.61 Å². The fourth-order valence-corrected chi connectivity index (χ4v) is 0.694. The van der Waals surface area contributed by atoms with Crippen LogP contribution in [0.15, 0.2) is 0 Å². The predicted octanol–water partition coefficient (Wildman–Crippen LogP) is -3.53. The minimum Gasteiger partial charge on any atom is -0.479 e. The van der Waals surface area contributed by atoms with Gasteiger partial charge >= 0.3 is 5.97 Å². The summed E-state index contributed by atoms with van der Waals surface area (Å²) >= 11 is 0. The molecule has 0 aliphatic heterocycles. The summed E-state index contributed by atoms with van der Waals surface area (Å²) in [5.74, 6) is -1.67. The monoisotopic (exact) mass is 195 g/mol. The Balaban J connectivity index is 4.24. The van der Waals surface area contributed by atoms with Gasteiger partial charge in [-0.25, -0.2) is 4.79 Å². The minimum absolute atomic E-state index is 0.620. The van der Waals surface area contributed by atoms with Gasteiger partial charge in [0, 0.05) is 0 Å². The number of carbonyl (C=O) groups is 1. The third-order valence-electron chi connectivity index (χ3n) is 1.58. The SMILES string of the molecule is N[C@@H](CO)[C@@H](O)[C@@H](O)[C@H](O)C(=O)O. The lowest BCUT2D eigenvalue weighted by Crippen LogP contribution is -2.51. The van der Waals surface area contributed by atoms with Crippen LogP contribution in [-0.4, -0.2) is 62.5 Å². The molecule has 7 nitrogen and oxygen atoms in total. The molecule has 0 radical (unpaired) electrons. The van der Waals surface area contributed by atoms with E-state index in [-0.39, 0.29) is 0 Å². The van der Waals surface area contributed by atoms with Crippen LogP contribution in [0.1, 0.15) is 0 Å². The molecule has 0 amide bonds. The Morgan fingerprint density at radius 3 is 2.00 bits per heavy atom. The van der Waals surface area contributed by atoms with Crippen molar-refractivity contribution in [3.8, 4) is 0 Å². The molecule has 0 unspecified atom stereocenters. The molecular formula is C6H13NO6. The van der Waals surface area contributed by atoms with E-state index >= 15 is 0 Å². The van der Waals surface area contributed by atoms with E-state index in [1.807, 2.05) is 0 Å². The van der Waals surface area contributed by atoms with E-state index in [2.05, 4.69) is 0 Å². The number of rotatable bonds is 5. The van der Waals surface area contributed by atoms with Crippen molar-refractivity contribution >= 4 is 5.97 Å². The number of carboxylic acid groups (broad SMARTS) is 1. The fourth-order valence-electron chi connectivity index (χ4n) is 0.694. The third kappa shape index (κ3) is 3.25. The molecule has 0 aliphatic carbocycles. The maximum atomic E-state index is 10.1. The van der Waals surface area contributed by atoms with Crippen molar-refractivity contribution in [2.45, 2.75) is 24.4 Å². The summed E-state index contributed by atoms with van der Waals surface area (Å²) in [5.41, 5.74) is 5.09. The number of hydrogen-bond acceptors (Lipinski definition) is 6. The molecule has 0 heterocycles. The summed E-state index contributed by atoms with van der Waals surface area (Å²) in [4.78, 5) is 10.1. The van der Waals surface area contributed by atoms with Crippen LogP contribution in [0.3, 0.4) is 0 Å². The van der Waals surface area contributed by atoms with Crippen molar-refractivity contribution < 1.29 is 30.3 Å². The van der Waals surface area contributed by atoms with E-state index in [4.69, 9.17) is 31.3 Å². The van der Waals surface area contributed by atoms with Crippen LogP contribution in [0, 0.1) is 0 Å². The number of hydrogen-bond donors (Lipinski definition) is 6. The van der Waals surface area contributed by atoms with Crippen molar-refractivity contribution in [1.29, 1.82) is 0 Å². The molecule has 13 heavy (non-hydrogen) atoms. The zero-order chi connectivity index (χ0) is 10.6. The molecule has 78 valence electrons. The number of aliphatic carboxylic acids is 1. The zero-order valence-electron chi connectivity index (χ0n) is 6.74. The molecule has 0 bridgehead atoms. The Bertz CT molecular complexity index is 175. The van der Waals surface area contributed by atoms with Gasteiger partial charge in [-0.15, -0.1) is 0 Å². The van der Waals surface area contributed by atoms with Crippen LogP contribution < -0.4 is 5.73 Å². The molecule has 0 spiro atoms. The molecule has 0 saturated heterocycles. The standard InChI is InChI=1S/C6H13NO6/c7-2(1-8)3(9)4(10)5(11)6(12)13/h2-5,8-11H,1,7H2,(H,12,13)/t2-,3+,4+,5-/m0/s1. The largest absolute Gasteiger partial charge is 0.479 e. The molecule has 0 aromatic carbocycles. The van der Waals surface area contributed by atoms with E-state index < -0.39 is 36.9 Å². The van der Waals surface area contributed by atoms with E-state index in [0.717, 1.165) is 0 Å². The summed E-state index contributed by atoms with van der Waals surface area (Å²) in [6.07, 6.45) is -5.72. The van der Waals surface area contributed by atoms with Crippen molar-refractivity contribution in [2.24, 2.45) is 5.73 Å². The molecular weight excluding hydrogens is 182 g/mol. The lowest BCUT2D eigenvalue weighted by Gasteiger charge is -2.23. The second-order valence-corrected chi connectivity index (χ2v) is 2.61. The quantitative estimate of drug-likeness (QED) is 0.266. The fraction of sp³-hybridized carbons (Fsp3) is 0.833. The Kier molecular flexibility index (Phi) is 4.81. The average molecular weight is 195 g/mol. The summed E-state index contributed by atoms with van der Waals surface area (Å²) in [5, 5.41) is 43.5. The van der Waals surface area contributed by atoms with Gasteiger partial charge in [0.05, 0.1) is 12.6 Å². The predicted molar refractivity (Wildman–Crippen MR) is 40.7 cm³/mol. The first-order chi connectivity index (χ1) is 5.91. The summed E-state index contributed by atoms with van der Waals surface area (Å²) in [6, 6.07) is -1.19. The first kappa shape index (κ1) is 12.3. The molecule has 0 rings (SSSR count). The van der Waals surface area contributed by atoms with Crippen LogP contribution in [0.5, 0.6) is 0 Å². The van der Waals surface area contributed by atoms with Crippen molar-refractivity contribution in [1.82, 2.24) is 0 Å². The Hall–Kier alpha value is -0.730. The number of aliphatic hydroxyl groups is 4. The van der Waals surface area contributed by atoms with Gasteiger partial charge in [0.25, 0.3) is 0 Å². The molecule has 0 aromatic rings. The van der Waals surface area contributed by atoms with Gasteiger partial charge in [-0.2, -0.15) is 0 Å². The van der Waals surface area contributed by atoms with Gasteiger partial charge in [0.15, 0.2) is 6.10 Å². The van der Waals surface area contributed by atoms with Crippen molar-refractivity contribution in [3.05, 3.63) is 0 Å². The van der Waals surface area contributed by atoms with Crippen LogP contribution in [0.25, 0.3) is 0 Å². The highest BCUT2D eigenvalue weighted by atomic mass is 16.4. The van der Waals surface area contributed by atoms with Gasteiger partial charge in [0.2, 0.25) is 0 Å². The third-order valence-corrected chi connectivity index (χ3v) is 1.58. The van der Waals surface area contributed by atoms with Crippen LogP contribution >= 0.6 is 0 Å². The molecule has 0 saturated carbocycles.